The third kappa shape index (κ3) is 5.57. The van der Waals surface area contributed by atoms with Gasteiger partial charge in [0.15, 0.2) is 0 Å². The molecule has 0 aliphatic carbocycles. The lowest BCUT2D eigenvalue weighted by molar-refractivity contribution is 0.0697. The van der Waals surface area contributed by atoms with Crippen LogP contribution in [0.25, 0.3) is 22.3 Å². The van der Waals surface area contributed by atoms with Gasteiger partial charge in [0.2, 0.25) is 0 Å². The first-order valence-electron chi connectivity index (χ1n) is 12.9. The van der Waals surface area contributed by atoms with Crippen LogP contribution in [0.4, 0.5) is 0 Å². The Labute approximate surface area is 227 Å². The molecule has 3 aromatic carbocycles. The molecule has 7 heteroatoms. The predicted octanol–water partition coefficient (Wildman–Crippen LogP) is 6.46. The zero-order valence-corrected chi connectivity index (χ0v) is 22.1. The third-order valence-corrected chi connectivity index (χ3v) is 6.92. The van der Waals surface area contributed by atoms with E-state index in [4.69, 9.17) is 0 Å². The van der Waals surface area contributed by atoms with E-state index in [-0.39, 0.29) is 17.5 Å². The molecular formula is C32H30N4O3. The minimum atomic E-state index is -0.982. The fourth-order valence-corrected chi connectivity index (χ4v) is 4.65. The SMILES string of the molecule is CC(C)c1cccc([C@H](C)NC(=O)c2ccc3c(c2)ncn3Cc2ccc(-c3ccccc3C(=O)O)nc2)c1. The number of carboxylic acids is 1. The summed E-state index contributed by atoms with van der Waals surface area (Å²) in [5.74, 6) is -0.702. The van der Waals surface area contributed by atoms with Crippen LogP contribution in [0.2, 0.25) is 0 Å². The molecule has 2 heterocycles. The fraction of sp³-hybridized carbons (Fsp3) is 0.188. The summed E-state index contributed by atoms with van der Waals surface area (Å²) in [7, 11) is 0. The number of carbonyl (C=O) groups excluding carboxylic acids is 1. The van der Waals surface area contributed by atoms with Gasteiger partial charge in [-0.1, -0.05) is 62.4 Å². The van der Waals surface area contributed by atoms with E-state index in [0.717, 1.165) is 22.2 Å². The highest BCUT2D eigenvalue weighted by molar-refractivity contribution is 5.97. The molecule has 1 amide bonds. The van der Waals surface area contributed by atoms with Gasteiger partial charge in [-0.15, -0.1) is 0 Å². The summed E-state index contributed by atoms with van der Waals surface area (Å²) in [6.45, 7) is 6.84. The first-order chi connectivity index (χ1) is 18.8. The van der Waals surface area contributed by atoms with Gasteiger partial charge < -0.3 is 15.0 Å². The standard InChI is InChI=1S/C32H30N4O3/c1-20(2)23-7-6-8-24(15-23)21(3)35-31(37)25-12-14-30-29(16-25)34-19-36(30)18-22-11-13-28(33-17-22)26-9-4-5-10-27(26)32(38)39/h4-17,19-21H,18H2,1-3H3,(H,35,37)(H,38,39)/t21-/m0/s1. The van der Waals surface area contributed by atoms with Crippen LogP contribution in [0.15, 0.2) is 91.4 Å². The molecule has 0 aliphatic rings. The number of nitrogens with zero attached hydrogens (tertiary/aromatic N) is 3. The Morgan fingerprint density at radius 1 is 0.897 bits per heavy atom. The van der Waals surface area contributed by atoms with Crippen molar-refractivity contribution < 1.29 is 14.7 Å². The van der Waals surface area contributed by atoms with Crippen molar-refractivity contribution in [2.75, 3.05) is 0 Å². The molecule has 0 aliphatic heterocycles. The smallest absolute Gasteiger partial charge is 0.336 e. The number of pyridine rings is 1. The molecule has 0 bridgehead atoms. The Morgan fingerprint density at radius 2 is 1.69 bits per heavy atom. The lowest BCUT2D eigenvalue weighted by Crippen LogP contribution is -2.26. The van der Waals surface area contributed by atoms with Crippen LogP contribution in [0, 0.1) is 0 Å². The van der Waals surface area contributed by atoms with Crippen molar-refractivity contribution in [3.05, 3.63) is 119 Å². The van der Waals surface area contributed by atoms with Crippen molar-refractivity contribution in [2.24, 2.45) is 0 Å². The summed E-state index contributed by atoms with van der Waals surface area (Å²) >= 11 is 0. The average molecular weight is 519 g/mol. The number of imidazole rings is 1. The number of fused-ring (bicyclic) bond motifs is 1. The molecule has 2 aromatic heterocycles. The number of rotatable bonds is 8. The largest absolute Gasteiger partial charge is 0.478 e. The maximum absolute atomic E-state index is 13.0. The van der Waals surface area contributed by atoms with Crippen LogP contribution in [-0.2, 0) is 6.54 Å². The second-order valence-electron chi connectivity index (χ2n) is 10.00. The van der Waals surface area contributed by atoms with Gasteiger partial charge in [-0.2, -0.15) is 0 Å². The minimum absolute atomic E-state index is 0.123. The zero-order valence-electron chi connectivity index (χ0n) is 22.1. The van der Waals surface area contributed by atoms with E-state index < -0.39 is 5.97 Å². The second-order valence-corrected chi connectivity index (χ2v) is 10.00. The van der Waals surface area contributed by atoms with Crippen LogP contribution in [0.5, 0.6) is 0 Å². The number of hydrogen-bond donors (Lipinski definition) is 2. The molecule has 0 saturated heterocycles. The summed E-state index contributed by atoms with van der Waals surface area (Å²) < 4.78 is 2.00. The second kappa shape index (κ2) is 10.9. The number of aromatic nitrogens is 3. The van der Waals surface area contributed by atoms with Crippen LogP contribution < -0.4 is 5.32 Å². The predicted molar refractivity (Wildman–Crippen MR) is 152 cm³/mol. The summed E-state index contributed by atoms with van der Waals surface area (Å²) in [6, 6.07) is 24.3. The molecule has 39 heavy (non-hydrogen) atoms. The van der Waals surface area contributed by atoms with Gasteiger partial charge >= 0.3 is 5.97 Å². The molecule has 0 saturated carbocycles. The first kappa shape index (κ1) is 25.9. The molecule has 7 nitrogen and oxygen atoms in total. The number of amides is 1. The Hall–Kier alpha value is -4.78. The lowest BCUT2D eigenvalue weighted by Gasteiger charge is -2.16. The van der Waals surface area contributed by atoms with E-state index in [1.165, 1.54) is 5.56 Å². The van der Waals surface area contributed by atoms with Gasteiger partial charge in [0, 0.05) is 17.3 Å². The Bertz CT molecular complexity index is 1650. The minimum Gasteiger partial charge on any atom is -0.478 e. The van der Waals surface area contributed by atoms with Gasteiger partial charge in [-0.05, 0) is 59.9 Å². The molecule has 0 radical (unpaired) electrons. The molecule has 0 unspecified atom stereocenters. The Morgan fingerprint density at radius 3 is 2.44 bits per heavy atom. The van der Waals surface area contributed by atoms with Crippen molar-refractivity contribution in [2.45, 2.75) is 39.3 Å². The molecule has 0 fully saturated rings. The van der Waals surface area contributed by atoms with E-state index in [0.29, 0.717) is 29.3 Å². The maximum Gasteiger partial charge on any atom is 0.336 e. The third-order valence-electron chi connectivity index (χ3n) is 6.92. The van der Waals surface area contributed by atoms with E-state index in [1.807, 2.05) is 54.0 Å². The van der Waals surface area contributed by atoms with Crippen molar-refractivity contribution in [1.29, 1.82) is 0 Å². The summed E-state index contributed by atoms with van der Waals surface area (Å²) in [4.78, 5) is 33.6. The molecule has 2 N–H and O–H groups in total. The van der Waals surface area contributed by atoms with Crippen molar-refractivity contribution in [3.8, 4) is 11.3 Å². The highest BCUT2D eigenvalue weighted by Gasteiger charge is 2.15. The number of aromatic carboxylic acids is 1. The van der Waals surface area contributed by atoms with Crippen LogP contribution in [0.3, 0.4) is 0 Å². The first-order valence-corrected chi connectivity index (χ1v) is 12.9. The van der Waals surface area contributed by atoms with Crippen LogP contribution in [-0.4, -0.2) is 31.5 Å². The maximum atomic E-state index is 13.0. The Kier molecular flexibility index (Phi) is 7.23. The zero-order chi connectivity index (χ0) is 27.5. The number of nitrogens with one attached hydrogen (secondary N) is 1. The van der Waals surface area contributed by atoms with Crippen LogP contribution in [0.1, 0.15) is 70.1 Å². The topological polar surface area (TPSA) is 97.1 Å². The van der Waals surface area contributed by atoms with Gasteiger partial charge in [0.25, 0.3) is 5.91 Å². The van der Waals surface area contributed by atoms with Crippen molar-refractivity contribution >= 4 is 22.9 Å². The average Bonchev–Trinajstić information content (AvgIpc) is 3.35. The summed E-state index contributed by atoms with van der Waals surface area (Å²) in [5.41, 5.74) is 6.87. The number of hydrogen-bond acceptors (Lipinski definition) is 4. The summed E-state index contributed by atoms with van der Waals surface area (Å²) in [6.07, 6.45) is 3.50. The normalized spacial score (nSPS) is 12.0. The number of carboxylic acid groups (broad SMARTS) is 1. The fourth-order valence-electron chi connectivity index (χ4n) is 4.65. The quantitative estimate of drug-likeness (QED) is 0.246. The van der Waals surface area contributed by atoms with E-state index in [9.17, 15) is 14.7 Å². The molecule has 0 spiro atoms. The van der Waals surface area contributed by atoms with Crippen molar-refractivity contribution in [3.63, 3.8) is 0 Å². The highest BCUT2D eigenvalue weighted by Crippen LogP contribution is 2.24. The van der Waals surface area contributed by atoms with Gasteiger partial charge in [0.1, 0.15) is 0 Å². The molecule has 5 rings (SSSR count). The van der Waals surface area contributed by atoms with E-state index >= 15 is 0 Å². The molecule has 5 aromatic rings. The Balaban J connectivity index is 1.30. The highest BCUT2D eigenvalue weighted by atomic mass is 16.4. The molecule has 1 atom stereocenters. The number of carbonyl (C=O) groups is 2. The molecular weight excluding hydrogens is 488 g/mol. The molecule has 196 valence electrons. The van der Waals surface area contributed by atoms with Gasteiger partial charge in [-0.25, -0.2) is 9.78 Å². The van der Waals surface area contributed by atoms with Gasteiger partial charge in [-0.3, -0.25) is 9.78 Å². The number of benzene rings is 3. The van der Waals surface area contributed by atoms with Crippen LogP contribution >= 0.6 is 0 Å². The van der Waals surface area contributed by atoms with E-state index in [2.05, 4.69) is 41.3 Å². The summed E-state index contributed by atoms with van der Waals surface area (Å²) in [5, 5.41) is 12.6. The monoisotopic (exact) mass is 518 g/mol. The van der Waals surface area contributed by atoms with E-state index in [1.54, 1.807) is 36.8 Å². The van der Waals surface area contributed by atoms with Crippen molar-refractivity contribution in [1.82, 2.24) is 19.9 Å². The lowest BCUT2D eigenvalue weighted by atomic mass is 9.98. The van der Waals surface area contributed by atoms with Gasteiger partial charge in [0.05, 0.1) is 41.2 Å².